The molecule has 0 spiro atoms. The van der Waals surface area contributed by atoms with Crippen molar-refractivity contribution in [2.75, 3.05) is 13.1 Å². The van der Waals surface area contributed by atoms with Crippen molar-refractivity contribution in [3.05, 3.63) is 23.2 Å². The van der Waals surface area contributed by atoms with E-state index < -0.39 is 0 Å². The van der Waals surface area contributed by atoms with Gasteiger partial charge in [0.25, 0.3) is 0 Å². The summed E-state index contributed by atoms with van der Waals surface area (Å²) in [6.45, 7) is 13.0. The molecule has 3 nitrogen and oxygen atoms in total. The minimum atomic E-state index is 0.673. The Bertz CT molecular complexity index is 399. The number of hydrogen-bond donors (Lipinski definition) is 1. The maximum Gasteiger partial charge on any atom is 0.118 e. The van der Waals surface area contributed by atoms with Gasteiger partial charge in [0.1, 0.15) is 11.5 Å². The number of aryl methyl sites for hydroxylation is 1. The van der Waals surface area contributed by atoms with Gasteiger partial charge in [0, 0.05) is 18.2 Å². The Morgan fingerprint density at radius 2 is 2.21 bits per heavy atom. The highest BCUT2D eigenvalue weighted by molar-refractivity contribution is 5.20. The van der Waals surface area contributed by atoms with Crippen LogP contribution in [0.1, 0.15) is 50.7 Å². The number of likely N-dealkylation sites (tertiary alicyclic amines) is 1. The van der Waals surface area contributed by atoms with Crippen LogP contribution in [-0.2, 0) is 13.1 Å². The summed E-state index contributed by atoms with van der Waals surface area (Å²) < 4.78 is 5.91. The van der Waals surface area contributed by atoms with Gasteiger partial charge in [-0.05, 0) is 51.8 Å². The van der Waals surface area contributed by atoms with Gasteiger partial charge < -0.3 is 9.73 Å². The molecule has 1 fully saturated rings. The van der Waals surface area contributed by atoms with Crippen molar-refractivity contribution in [3.8, 4) is 0 Å². The molecule has 0 bridgehead atoms. The Kier molecular flexibility index (Phi) is 5.06. The smallest absolute Gasteiger partial charge is 0.118 e. The molecule has 1 N–H and O–H groups in total. The van der Waals surface area contributed by atoms with E-state index in [0.29, 0.717) is 6.04 Å². The molecule has 19 heavy (non-hydrogen) atoms. The van der Waals surface area contributed by atoms with E-state index in [1.807, 2.05) is 0 Å². The van der Waals surface area contributed by atoms with E-state index in [0.717, 1.165) is 37.1 Å². The maximum absolute atomic E-state index is 5.91. The van der Waals surface area contributed by atoms with Crippen molar-refractivity contribution in [1.82, 2.24) is 10.2 Å². The van der Waals surface area contributed by atoms with E-state index in [4.69, 9.17) is 4.42 Å². The number of nitrogens with one attached hydrogen (secondary N) is 1. The number of hydrogen-bond acceptors (Lipinski definition) is 3. The monoisotopic (exact) mass is 264 g/mol. The predicted molar refractivity (Wildman–Crippen MR) is 79.1 cm³/mol. The summed E-state index contributed by atoms with van der Waals surface area (Å²) in [5, 5.41) is 3.36. The van der Waals surface area contributed by atoms with Crippen LogP contribution in [0.15, 0.2) is 10.5 Å². The summed E-state index contributed by atoms with van der Waals surface area (Å²) >= 11 is 0. The molecule has 0 aromatic carbocycles. The Balaban J connectivity index is 1.95. The van der Waals surface area contributed by atoms with Crippen LogP contribution >= 0.6 is 0 Å². The zero-order valence-corrected chi connectivity index (χ0v) is 12.8. The number of piperidine rings is 1. The Hall–Kier alpha value is -0.800. The van der Waals surface area contributed by atoms with E-state index in [1.165, 1.54) is 24.9 Å². The zero-order valence-electron chi connectivity index (χ0n) is 12.8. The molecule has 1 aliphatic rings. The molecule has 1 aliphatic heterocycles. The average molecular weight is 264 g/mol. The van der Waals surface area contributed by atoms with Crippen LogP contribution in [-0.4, -0.2) is 24.0 Å². The third-order valence-electron chi connectivity index (χ3n) is 4.27. The van der Waals surface area contributed by atoms with Crippen LogP contribution < -0.4 is 5.32 Å². The molecule has 3 heteroatoms. The van der Waals surface area contributed by atoms with Crippen molar-refractivity contribution in [2.24, 2.45) is 5.92 Å². The summed E-state index contributed by atoms with van der Waals surface area (Å²) in [4.78, 5) is 2.55. The van der Waals surface area contributed by atoms with E-state index in [-0.39, 0.29) is 0 Å². The predicted octanol–water partition coefficient (Wildman–Crippen LogP) is 3.32. The lowest BCUT2D eigenvalue weighted by Crippen LogP contribution is -2.39. The molecule has 1 saturated heterocycles. The van der Waals surface area contributed by atoms with E-state index >= 15 is 0 Å². The van der Waals surface area contributed by atoms with Gasteiger partial charge in [-0.2, -0.15) is 0 Å². The van der Waals surface area contributed by atoms with Gasteiger partial charge in [-0.1, -0.05) is 13.8 Å². The molecule has 2 atom stereocenters. The number of rotatable bonds is 5. The van der Waals surface area contributed by atoms with Crippen LogP contribution in [0.5, 0.6) is 0 Å². The fraction of sp³-hybridized carbons (Fsp3) is 0.750. The molecular formula is C16H28N2O. The quantitative estimate of drug-likeness (QED) is 0.884. The lowest BCUT2D eigenvalue weighted by molar-refractivity contribution is 0.113. The van der Waals surface area contributed by atoms with Gasteiger partial charge >= 0.3 is 0 Å². The second-order valence-electron chi connectivity index (χ2n) is 6.02. The first-order valence-electron chi connectivity index (χ1n) is 7.63. The second kappa shape index (κ2) is 6.58. The van der Waals surface area contributed by atoms with Crippen LogP contribution in [0.4, 0.5) is 0 Å². The van der Waals surface area contributed by atoms with Crippen molar-refractivity contribution in [1.29, 1.82) is 0 Å². The average Bonchev–Trinajstić information content (AvgIpc) is 2.71. The first-order valence-corrected chi connectivity index (χ1v) is 7.63. The molecule has 0 saturated carbocycles. The summed E-state index contributed by atoms with van der Waals surface area (Å²) in [5.74, 6) is 3.05. The molecule has 2 rings (SSSR count). The summed E-state index contributed by atoms with van der Waals surface area (Å²) in [7, 11) is 0. The first-order chi connectivity index (χ1) is 9.10. The highest BCUT2D eigenvalue weighted by atomic mass is 16.3. The van der Waals surface area contributed by atoms with Gasteiger partial charge in [-0.3, -0.25) is 4.90 Å². The topological polar surface area (TPSA) is 28.4 Å². The SMILES string of the molecule is CCNCc1cc(CN2CCC(C)CC2C)oc1C. The molecule has 108 valence electrons. The van der Waals surface area contributed by atoms with Crippen molar-refractivity contribution < 1.29 is 4.42 Å². The summed E-state index contributed by atoms with van der Waals surface area (Å²) in [6, 6.07) is 2.90. The van der Waals surface area contributed by atoms with Gasteiger partial charge in [0.2, 0.25) is 0 Å². The summed E-state index contributed by atoms with van der Waals surface area (Å²) in [6.07, 6.45) is 2.62. The first kappa shape index (κ1) is 14.6. The fourth-order valence-electron chi connectivity index (χ4n) is 2.99. The Morgan fingerprint density at radius 1 is 1.42 bits per heavy atom. The molecule has 1 aromatic rings. The maximum atomic E-state index is 5.91. The minimum Gasteiger partial charge on any atom is -0.465 e. The lowest BCUT2D eigenvalue weighted by Gasteiger charge is -2.35. The zero-order chi connectivity index (χ0) is 13.8. The van der Waals surface area contributed by atoms with E-state index in [2.05, 4.69) is 44.0 Å². The van der Waals surface area contributed by atoms with E-state index in [9.17, 15) is 0 Å². The van der Waals surface area contributed by atoms with Gasteiger partial charge in [-0.15, -0.1) is 0 Å². The van der Waals surface area contributed by atoms with Gasteiger partial charge in [-0.25, -0.2) is 0 Å². The fourth-order valence-corrected chi connectivity index (χ4v) is 2.99. The molecule has 0 radical (unpaired) electrons. The second-order valence-corrected chi connectivity index (χ2v) is 6.02. The van der Waals surface area contributed by atoms with Gasteiger partial charge in [0.05, 0.1) is 6.54 Å². The highest BCUT2D eigenvalue weighted by Gasteiger charge is 2.23. The van der Waals surface area contributed by atoms with Crippen molar-refractivity contribution in [3.63, 3.8) is 0 Å². The van der Waals surface area contributed by atoms with Crippen LogP contribution in [0.25, 0.3) is 0 Å². The minimum absolute atomic E-state index is 0.673. The third kappa shape index (κ3) is 3.83. The lowest BCUT2D eigenvalue weighted by atomic mass is 9.93. The molecule has 2 unspecified atom stereocenters. The third-order valence-corrected chi connectivity index (χ3v) is 4.27. The van der Waals surface area contributed by atoms with Crippen LogP contribution in [0.2, 0.25) is 0 Å². The number of nitrogens with zero attached hydrogens (tertiary/aromatic N) is 1. The Labute approximate surface area is 117 Å². The number of furan rings is 1. The molecule has 0 aliphatic carbocycles. The highest BCUT2D eigenvalue weighted by Crippen LogP contribution is 2.25. The van der Waals surface area contributed by atoms with E-state index in [1.54, 1.807) is 0 Å². The van der Waals surface area contributed by atoms with Crippen molar-refractivity contribution >= 4 is 0 Å². The molecular weight excluding hydrogens is 236 g/mol. The molecule has 2 heterocycles. The largest absolute Gasteiger partial charge is 0.465 e. The van der Waals surface area contributed by atoms with Crippen molar-refractivity contribution in [2.45, 2.75) is 59.7 Å². The normalized spacial score (nSPS) is 24.8. The summed E-state index contributed by atoms with van der Waals surface area (Å²) in [5.41, 5.74) is 1.30. The molecule has 0 amide bonds. The van der Waals surface area contributed by atoms with Crippen LogP contribution in [0, 0.1) is 12.8 Å². The Morgan fingerprint density at radius 3 is 2.89 bits per heavy atom. The molecule has 1 aromatic heterocycles. The van der Waals surface area contributed by atoms with Crippen LogP contribution in [0.3, 0.4) is 0 Å². The van der Waals surface area contributed by atoms with Gasteiger partial charge in [0.15, 0.2) is 0 Å². The standard InChI is InChI=1S/C16H28N2O/c1-5-17-10-15-9-16(19-14(15)4)11-18-7-6-12(2)8-13(18)3/h9,12-13,17H,5-8,10-11H2,1-4H3.